The van der Waals surface area contributed by atoms with E-state index in [9.17, 15) is 25.1 Å². The predicted octanol–water partition coefficient (Wildman–Crippen LogP) is 6.16. The number of aliphatic hydroxyl groups excluding tert-OH is 1. The molecule has 12 nitrogen and oxygen atoms in total. The van der Waals surface area contributed by atoms with Gasteiger partial charge in [0.05, 0.1) is 33.5 Å². The van der Waals surface area contributed by atoms with Crippen molar-refractivity contribution < 1.29 is 24.2 Å². The molecule has 1 saturated heterocycles. The highest BCUT2D eigenvalue weighted by Crippen LogP contribution is 2.46. The molecule has 1 aliphatic carbocycles. The van der Waals surface area contributed by atoms with Crippen molar-refractivity contribution in [2.75, 3.05) is 25.0 Å². The Morgan fingerprint density at radius 2 is 1.89 bits per heavy atom. The summed E-state index contributed by atoms with van der Waals surface area (Å²) in [4.78, 5) is 39.5. The van der Waals surface area contributed by atoms with Crippen LogP contribution in [0.5, 0.6) is 0 Å². The average molecular weight is 734 g/mol. The van der Waals surface area contributed by atoms with E-state index in [0.29, 0.717) is 77.8 Å². The topological polar surface area (TPSA) is 161 Å². The van der Waals surface area contributed by atoms with Crippen LogP contribution in [0.4, 0.5) is 5.69 Å². The van der Waals surface area contributed by atoms with Gasteiger partial charge >= 0.3 is 5.97 Å². The van der Waals surface area contributed by atoms with Gasteiger partial charge in [-0.2, -0.15) is 5.26 Å². The summed E-state index contributed by atoms with van der Waals surface area (Å²) in [6, 6.07) is 17.2. The summed E-state index contributed by atoms with van der Waals surface area (Å²) in [6.07, 6.45) is 2.57. The lowest BCUT2D eigenvalue weighted by molar-refractivity contribution is -0.162. The summed E-state index contributed by atoms with van der Waals surface area (Å²) in [5.74, 6) is -0.517. The Morgan fingerprint density at radius 1 is 1.11 bits per heavy atom. The SMILES string of the molecule is Cc1c(-c2nc3cc(CN4CC[C@@H](O)C4)cc(C#N)c3o2)cccc1-c1cccc(NC(=O)c2nc3c(n2C)CCN(C2CCC2(C)C(=O)O)C3)c1Cl. The molecule has 0 bridgehead atoms. The standard InChI is InChI=1S/C40H40ClN7O5/c1-22-26(6-4-7-27(22)38-45-30-17-23(16-24(18-42)35(30)53-38)19-47-14-11-25(49)20-47)28-8-5-9-29(34(28)41)44-37(50)36-43-31-21-48(15-12-32(31)46(36)3)33-10-13-40(33,2)39(51)52/h4-9,16-17,25,33,49H,10-15,19-21H2,1-3H3,(H,44,50)(H,51,52)/t25-,33?,40?/m1/s1. The van der Waals surface area contributed by atoms with Crippen LogP contribution in [0, 0.1) is 23.7 Å². The van der Waals surface area contributed by atoms with Crippen LogP contribution in [0.2, 0.25) is 5.02 Å². The number of carbonyl (C=O) groups is 2. The van der Waals surface area contributed by atoms with Crippen LogP contribution >= 0.6 is 11.6 Å². The number of aromatic nitrogens is 3. The number of β-amino-alcohol motifs (C(OH)–C–C–N with tert-alkyl or cyclic N) is 1. The summed E-state index contributed by atoms with van der Waals surface area (Å²) in [6.45, 7) is 6.99. The van der Waals surface area contributed by atoms with Crippen LogP contribution in [0.15, 0.2) is 52.9 Å². The second-order valence-corrected chi connectivity index (χ2v) is 15.2. The molecule has 4 heterocycles. The first kappa shape index (κ1) is 35.0. The number of halogens is 1. The number of imidazole rings is 1. The van der Waals surface area contributed by atoms with Gasteiger partial charge in [-0.25, -0.2) is 9.97 Å². The normalized spacial score (nSPS) is 21.7. The largest absolute Gasteiger partial charge is 0.481 e. The molecule has 3 aliphatic rings. The highest BCUT2D eigenvalue weighted by Gasteiger charge is 2.52. The molecule has 13 heteroatoms. The lowest BCUT2D eigenvalue weighted by Crippen LogP contribution is -2.58. The predicted molar refractivity (Wildman–Crippen MR) is 199 cm³/mol. The van der Waals surface area contributed by atoms with Gasteiger partial charge in [0, 0.05) is 69.1 Å². The number of oxazole rings is 1. The molecule has 2 aliphatic heterocycles. The molecule has 5 aromatic rings. The van der Waals surface area contributed by atoms with Crippen LogP contribution in [-0.2, 0) is 31.4 Å². The first-order valence-corrected chi connectivity index (χ1v) is 18.3. The number of nitriles is 1. The number of fused-ring (bicyclic) bond motifs is 2. The summed E-state index contributed by atoms with van der Waals surface area (Å²) in [7, 11) is 1.83. The van der Waals surface area contributed by atoms with E-state index in [-0.39, 0.29) is 18.0 Å². The molecule has 0 radical (unpaired) electrons. The number of carboxylic acid groups (broad SMARTS) is 1. The summed E-state index contributed by atoms with van der Waals surface area (Å²) >= 11 is 7.02. The molecule has 0 spiro atoms. The Balaban J connectivity index is 1.04. The van der Waals surface area contributed by atoms with Crippen molar-refractivity contribution in [3.05, 3.63) is 87.5 Å². The number of hydrogen-bond donors (Lipinski definition) is 3. The smallest absolute Gasteiger partial charge is 0.310 e. The zero-order valence-electron chi connectivity index (χ0n) is 29.8. The number of likely N-dealkylation sites (tertiary alicyclic amines) is 1. The lowest BCUT2D eigenvalue weighted by atomic mass is 9.65. The Bertz CT molecular complexity index is 2340. The van der Waals surface area contributed by atoms with Crippen LogP contribution in [0.25, 0.3) is 33.7 Å². The first-order valence-electron chi connectivity index (χ1n) is 17.9. The Morgan fingerprint density at radius 3 is 2.60 bits per heavy atom. The van der Waals surface area contributed by atoms with Crippen LogP contribution in [0.1, 0.15) is 64.9 Å². The molecule has 8 rings (SSSR count). The lowest BCUT2D eigenvalue weighted by Gasteiger charge is -2.50. The van der Waals surface area contributed by atoms with Gasteiger partial charge in [-0.15, -0.1) is 0 Å². The van der Waals surface area contributed by atoms with Crippen LogP contribution < -0.4 is 5.32 Å². The Hall–Kier alpha value is -5.06. The van der Waals surface area contributed by atoms with Crippen molar-refractivity contribution in [1.29, 1.82) is 5.26 Å². The van der Waals surface area contributed by atoms with Gasteiger partial charge in [-0.3, -0.25) is 19.4 Å². The monoisotopic (exact) mass is 733 g/mol. The van der Waals surface area contributed by atoms with Crippen molar-refractivity contribution in [1.82, 2.24) is 24.3 Å². The van der Waals surface area contributed by atoms with Crippen LogP contribution in [0.3, 0.4) is 0 Å². The van der Waals surface area contributed by atoms with E-state index in [0.717, 1.165) is 53.0 Å². The summed E-state index contributed by atoms with van der Waals surface area (Å²) in [5, 5.41) is 33.1. The molecule has 3 N–H and O–H groups in total. The third kappa shape index (κ3) is 6.07. The fraction of sp³-hybridized carbons (Fsp3) is 0.375. The van der Waals surface area contributed by atoms with Crippen molar-refractivity contribution in [2.24, 2.45) is 12.5 Å². The number of aliphatic hydroxyl groups is 1. The van der Waals surface area contributed by atoms with Crippen molar-refractivity contribution in [3.8, 4) is 28.7 Å². The first-order chi connectivity index (χ1) is 25.4. The minimum absolute atomic E-state index is 0.0531. The highest BCUT2D eigenvalue weighted by atomic mass is 35.5. The molecule has 2 fully saturated rings. The quantitative estimate of drug-likeness (QED) is 0.169. The molecule has 1 amide bonds. The molecule has 2 unspecified atom stereocenters. The number of carboxylic acids is 1. The molecule has 272 valence electrons. The van der Waals surface area contributed by atoms with Gasteiger partial charge in [-0.05, 0) is 74.1 Å². The van der Waals surface area contributed by atoms with Gasteiger partial charge in [0.15, 0.2) is 11.4 Å². The average Bonchev–Trinajstić information content (AvgIpc) is 3.84. The number of aliphatic carboxylic acids is 1. The third-order valence-corrected chi connectivity index (χ3v) is 11.9. The maximum Gasteiger partial charge on any atom is 0.310 e. The number of amides is 1. The second-order valence-electron chi connectivity index (χ2n) is 14.8. The van der Waals surface area contributed by atoms with Gasteiger partial charge in [0.1, 0.15) is 11.6 Å². The highest BCUT2D eigenvalue weighted by molar-refractivity contribution is 6.36. The minimum Gasteiger partial charge on any atom is -0.481 e. The zero-order chi connectivity index (χ0) is 37.2. The van der Waals surface area contributed by atoms with E-state index in [1.54, 1.807) is 6.07 Å². The van der Waals surface area contributed by atoms with Crippen molar-refractivity contribution >= 4 is 40.3 Å². The van der Waals surface area contributed by atoms with Gasteiger partial charge in [0.25, 0.3) is 5.91 Å². The van der Waals surface area contributed by atoms with E-state index in [1.165, 1.54) is 0 Å². The van der Waals surface area contributed by atoms with E-state index in [4.69, 9.17) is 26.0 Å². The number of nitrogens with zero attached hydrogens (tertiary/aromatic N) is 6. The molecule has 3 aromatic carbocycles. The molecular formula is C40H40ClN7O5. The summed E-state index contributed by atoms with van der Waals surface area (Å²) < 4.78 is 8.05. The number of hydrogen-bond acceptors (Lipinski definition) is 9. The van der Waals surface area contributed by atoms with Crippen LogP contribution in [-0.4, -0.2) is 78.2 Å². The number of benzene rings is 3. The number of rotatable bonds is 8. The van der Waals surface area contributed by atoms with E-state index < -0.39 is 17.3 Å². The van der Waals surface area contributed by atoms with E-state index in [2.05, 4.69) is 21.2 Å². The molecule has 3 atom stereocenters. The molecule has 53 heavy (non-hydrogen) atoms. The van der Waals surface area contributed by atoms with Gasteiger partial charge in [-0.1, -0.05) is 35.9 Å². The second kappa shape index (κ2) is 13.4. The minimum atomic E-state index is -0.771. The van der Waals surface area contributed by atoms with Gasteiger partial charge in [0.2, 0.25) is 5.89 Å². The molecular weight excluding hydrogens is 694 g/mol. The Kier molecular flexibility index (Phi) is 8.86. The number of anilines is 1. The third-order valence-electron chi connectivity index (χ3n) is 11.5. The maximum absolute atomic E-state index is 13.7. The number of nitrogens with one attached hydrogen (secondary N) is 1. The molecule has 2 aromatic heterocycles. The summed E-state index contributed by atoms with van der Waals surface area (Å²) in [5.41, 5.74) is 6.93. The van der Waals surface area contributed by atoms with E-state index >= 15 is 0 Å². The van der Waals surface area contributed by atoms with Gasteiger partial charge < -0.3 is 24.5 Å². The van der Waals surface area contributed by atoms with E-state index in [1.807, 2.05) is 67.9 Å². The van der Waals surface area contributed by atoms with Crippen molar-refractivity contribution in [3.63, 3.8) is 0 Å². The Labute approximate surface area is 311 Å². The fourth-order valence-electron chi connectivity index (χ4n) is 8.33. The fourth-order valence-corrected chi connectivity index (χ4v) is 8.60. The molecule has 1 saturated carbocycles. The number of carbonyl (C=O) groups excluding carboxylic acids is 1. The maximum atomic E-state index is 13.7. The van der Waals surface area contributed by atoms with Crippen molar-refractivity contribution in [2.45, 2.75) is 64.8 Å². The zero-order valence-corrected chi connectivity index (χ0v) is 30.6.